The van der Waals surface area contributed by atoms with Gasteiger partial charge in [0.1, 0.15) is 5.82 Å². The standard InChI is InChI=1S/C20H25N5O/c26-15-16-5-4-11-24(14-16)12-10-21-20-13-18(17-6-2-1-3-7-17)23-19-8-9-22-25(19)20/h1-3,6-9,13,16,21,26H,4-5,10-12,14-15H2/t16-/m1/s1. The predicted octanol–water partition coefficient (Wildman–Crippen LogP) is 2.51. The summed E-state index contributed by atoms with van der Waals surface area (Å²) in [6.45, 7) is 4.19. The molecule has 3 heterocycles. The molecule has 0 spiro atoms. The first-order valence-corrected chi connectivity index (χ1v) is 9.31. The molecule has 0 aliphatic carbocycles. The van der Waals surface area contributed by atoms with Crippen LogP contribution in [0.2, 0.25) is 0 Å². The maximum atomic E-state index is 9.38. The van der Waals surface area contributed by atoms with E-state index in [9.17, 15) is 5.11 Å². The predicted molar refractivity (Wildman–Crippen MR) is 103 cm³/mol. The summed E-state index contributed by atoms with van der Waals surface area (Å²) < 4.78 is 1.85. The molecule has 6 nitrogen and oxygen atoms in total. The molecule has 26 heavy (non-hydrogen) atoms. The Balaban J connectivity index is 1.48. The van der Waals surface area contributed by atoms with E-state index in [0.717, 1.165) is 55.3 Å². The van der Waals surface area contributed by atoms with Gasteiger partial charge in [-0.3, -0.25) is 0 Å². The van der Waals surface area contributed by atoms with Gasteiger partial charge in [0, 0.05) is 43.9 Å². The van der Waals surface area contributed by atoms with E-state index in [-0.39, 0.29) is 0 Å². The molecule has 1 aromatic carbocycles. The van der Waals surface area contributed by atoms with Gasteiger partial charge in [-0.2, -0.15) is 9.61 Å². The molecular weight excluding hydrogens is 326 g/mol. The Morgan fingerprint density at radius 3 is 2.92 bits per heavy atom. The Kier molecular flexibility index (Phi) is 5.13. The van der Waals surface area contributed by atoms with Gasteiger partial charge in [-0.25, -0.2) is 4.98 Å². The highest BCUT2D eigenvalue weighted by atomic mass is 16.3. The molecule has 6 heteroatoms. The number of piperidine rings is 1. The molecule has 0 radical (unpaired) electrons. The topological polar surface area (TPSA) is 65.7 Å². The van der Waals surface area contributed by atoms with Gasteiger partial charge in [0.15, 0.2) is 5.65 Å². The van der Waals surface area contributed by atoms with E-state index in [1.54, 1.807) is 6.20 Å². The SMILES string of the molecule is OC[C@@H]1CCCN(CCNc2cc(-c3ccccc3)nc3ccnn23)C1. The lowest BCUT2D eigenvalue weighted by atomic mass is 9.99. The fourth-order valence-electron chi connectivity index (χ4n) is 3.64. The molecule has 2 aromatic heterocycles. The van der Waals surface area contributed by atoms with Crippen molar-refractivity contribution in [3.8, 4) is 11.3 Å². The van der Waals surface area contributed by atoms with Crippen LogP contribution in [0.1, 0.15) is 12.8 Å². The van der Waals surface area contributed by atoms with Gasteiger partial charge in [-0.15, -0.1) is 0 Å². The van der Waals surface area contributed by atoms with Crippen molar-refractivity contribution in [3.05, 3.63) is 48.7 Å². The number of benzene rings is 1. The number of aliphatic hydroxyl groups is 1. The lowest BCUT2D eigenvalue weighted by Gasteiger charge is -2.31. The highest BCUT2D eigenvalue weighted by Crippen LogP contribution is 2.22. The largest absolute Gasteiger partial charge is 0.396 e. The molecule has 0 unspecified atom stereocenters. The van der Waals surface area contributed by atoms with Crippen molar-refractivity contribution in [2.45, 2.75) is 12.8 Å². The fraction of sp³-hybridized carbons (Fsp3) is 0.400. The molecule has 0 bridgehead atoms. The van der Waals surface area contributed by atoms with E-state index < -0.39 is 0 Å². The maximum absolute atomic E-state index is 9.38. The quantitative estimate of drug-likeness (QED) is 0.714. The summed E-state index contributed by atoms with van der Waals surface area (Å²) >= 11 is 0. The van der Waals surface area contributed by atoms with Gasteiger partial charge in [0.25, 0.3) is 0 Å². The van der Waals surface area contributed by atoms with E-state index >= 15 is 0 Å². The zero-order chi connectivity index (χ0) is 17.8. The molecular formula is C20H25N5O. The Morgan fingerprint density at radius 2 is 2.08 bits per heavy atom. The summed E-state index contributed by atoms with van der Waals surface area (Å²) in [5, 5.41) is 17.3. The molecule has 1 aliphatic heterocycles. The molecule has 1 fully saturated rings. The highest BCUT2D eigenvalue weighted by molar-refractivity contribution is 5.66. The van der Waals surface area contributed by atoms with Crippen LogP contribution in [0, 0.1) is 5.92 Å². The smallest absolute Gasteiger partial charge is 0.157 e. The van der Waals surface area contributed by atoms with E-state index in [4.69, 9.17) is 4.98 Å². The van der Waals surface area contributed by atoms with Crippen LogP contribution in [-0.2, 0) is 0 Å². The monoisotopic (exact) mass is 351 g/mol. The first kappa shape index (κ1) is 17.0. The summed E-state index contributed by atoms with van der Waals surface area (Å²) in [5.74, 6) is 1.38. The van der Waals surface area contributed by atoms with Crippen LogP contribution in [0.3, 0.4) is 0 Å². The molecule has 1 aliphatic rings. The molecule has 1 saturated heterocycles. The number of anilines is 1. The Morgan fingerprint density at radius 1 is 1.19 bits per heavy atom. The molecule has 3 aromatic rings. The van der Waals surface area contributed by atoms with Crippen molar-refractivity contribution < 1.29 is 5.11 Å². The van der Waals surface area contributed by atoms with Crippen molar-refractivity contribution in [1.82, 2.24) is 19.5 Å². The van der Waals surface area contributed by atoms with Crippen molar-refractivity contribution in [2.75, 3.05) is 38.1 Å². The Labute approximate surface area is 153 Å². The molecule has 4 rings (SSSR count). The number of nitrogens with zero attached hydrogens (tertiary/aromatic N) is 4. The van der Waals surface area contributed by atoms with Crippen molar-refractivity contribution in [2.24, 2.45) is 5.92 Å². The van der Waals surface area contributed by atoms with Crippen molar-refractivity contribution >= 4 is 11.5 Å². The third-order valence-corrected chi connectivity index (χ3v) is 5.02. The molecule has 136 valence electrons. The van der Waals surface area contributed by atoms with Gasteiger partial charge < -0.3 is 15.3 Å². The van der Waals surface area contributed by atoms with E-state index in [1.165, 1.54) is 6.42 Å². The second-order valence-corrected chi connectivity index (χ2v) is 6.91. The molecule has 2 N–H and O–H groups in total. The number of aliphatic hydroxyl groups excluding tert-OH is 1. The van der Waals surface area contributed by atoms with Crippen LogP contribution in [0.5, 0.6) is 0 Å². The van der Waals surface area contributed by atoms with Crippen molar-refractivity contribution in [1.29, 1.82) is 0 Å². The van der Waals surface area contributed by atoms with Gasteiger partial charge in [0.2, 0.25) is 0 Å². The first-order chi connectivity index (χ1) is 12.8. The number of aromatic nitrogens is 3. The third kappa shape index (κ3) is 3.71. The third-order valence-electron chi connectivity index (χ3n) is 5.02. The van der Waals surface area contributed by atoms with Gasteiger partial charge in [-0.1, -0.05) is 30.3 Å². The van der Waals surface area contributed by atoms with E-state index in [1.807, 2.05) is 28.8 Å². The highest BCUT2D eigenvalue weighted by Gasteiger charge is 2.18. The maximum Gasteiger partial charge on any atom is 0.157 e. The number of fused-ring (bicyclic) bond motifs is 1. The van der Waals surface area contributed by atoms with Gasteiger partial charge in [-0.05, 0) is 25.3 Å². The normalized spacial score (nSPS) is 18.3. The van der Waals surface area contributed by atoms with E-state index in [2.05, 4.69) is 33.5 Å². The van der Waals surface area contributed by atoms with Crippen LogP contribution in [0.4, 0.5) is 5.82 Å². The van der Waals surface area contributed by atoms with Crippen LogP contribution in [0.25, 0.3) is 16.9 Å². The summed E-state index contributed by atoms with van der Waals surface area (Å²) in [5.41, 5.74) is 2.88. The summed E-state index contributed by atoms with van der Waals surface area (Å²) in [4.78, 5) is 7.13. The molecule has 1 atom stereocenters. The zero-order valence-corrected chi connectivity index (χ0v) is 14.9. The number of likely N-dealkylation sites (tertiary alicyclic amines) is 1. The minimum absolute atomic E-state index is 0.294. The lowest BCUT2D eigenvalue weighted by Crippen LogP contribution is -2.39. The second-order valence-electron chi connectivity index (χ2n) is 6.91. The van der Waals surface area contributed by atoms with Gasteiger partial charge in [0.05, 0.1) is 11.9 Å². The zero-order valence-electron chi connectivity index (χ0n) is 14.9. The number of hydrogen-bond donors (Lipinski definition) is 2. The Hall–Kier alpha value is -2.44. The van der Waals surface area contributed by atoms with Crippen molar-refractivity contribution in [3.63, 3.8) is 0 Å². The lowest BCUT2D eigenvalue weighted by molar-refractivity contribution is 0.123. The summed E-state index contributed by atoms with van der Waals surface area (Å²) in [6.07, 6.45) is 4.08. The van der Waals surface area contributed by atoms with Gasteiger partial charge >= 0.3 is 0 Å². The van der Waals surface area contributed by atoms with Crippen LogP contribution in [0.15, 0.2) is 48.7 Å². The number of rotatable bonds is 6. The summed E-state index contributed by atoms with van der Waals surface area (Å²) in [6, 6.07) is 14.2. The number of hydrogen-bond acceptors (Lipinski definition) is 5. The van der Waals surface area contributed by atoms with Crippen LogP contribution < -0.4 is 5.32 Å². The fourth-order valence-corrected chi connectivity index (χ4v) is 3.64. The van der Waals surface area contributed by atoms with Crippen LogP contribution in [-0.4, -0.2) is 57.4 Å². The minimum atomic E-state index is 0.294. The minimum Gasteiger partial charge on any atom is -0.396 e. The molecule has 0 amide bonds. The van der Waals surface area contributed by atoms with Crippen LogP contribution >= 0.6 is 0 Å². The Bertz CT molecular complexity index is 848. The second kappa shape index (κ2) is 7.85. The number of nitrogens with one attached hydrogen (secondary N) is 1. The average Bonchev–Trinajstić information content (AvgIpc) is 3.18. The molecule has 0 saturated carbocycles. The average molecular weight is 351 g/mol. The van der Waals surface area contributed by atoms with E-state index in [0.29, 0.717) is 12.5 Å². The summed E-state index contributed by atoms with van der Waals surface area (Å²) in [7, 11) is 0. The first-order valence-electron chi connectivity index (χ1n) is 9.31.